The molecule has 2 rings (SSSR count). The number of rotatable bonds is 5. The van der Waals surface area contributed by atoms with Gasteiger partial charge in [-0.05, 0) is 12.0 Å². The summed E-state index contributed by atoms with van der Waals surface area (Å²) in [6, 6.07) is 9.51. The quantitative estimate of drug-likeness (QED) is 0.682. The van der Waals surface area contributed by atoms with Crippen LogP contribution in [0, 0.1) is 0 Å². The van der Waals surface area contributed by atoms with E-state index >= 15 is 0 Å². The van der Waals surface area contributed by atoms with Crippen LogP contribution in [0.3, 0.4) is 0 Å². The Morgan fingerprint density at radius 2 is 2.26 bits per heavy atom. The summed E-state index contributed by atoms with van der Waals surface area (Å²) in [6.45, 7) is 1.76. The van der Waals surface area contributed by atoms with Crippen molar-refractivity contribution >= 4 is 5.91 Å². The number of carbonyl (C=O) groups is 1. The summed E-state index contributed by atoms with van der Waals surface area (Å²) in [7, 11) is 0. The molecule has 0 spiro atoms. The Morgan fingerprint density at radius 3 is 2.89 bits per heavy atom. The molecule has 2 atom stereocenters. The van der Waals surface area contributed by atoms with Crippen LogP contribution < -0.4 is 10.6 Å². The van der Waals surface area contributed by atoms with Crippen LogP contribution in [0.2, 0.25) is 0 Å². The lowest BCUT2D eigenvalue weighted by Gasteiger charge is -2.25. The molecule has 0 aliphatic carbocycles. The van der Waals surface area contributed by atoms with Gasteiger partial charge in [-0.15, -0.1) is 0 Å². The Kier molecular flexibility index (Phi) is 5.32. The molecule has 104 valence electrons. The van der Waals surface area contributed by atoms with Gasteiger partial charge in [-0.1, -0.05) is 30.3 Å². The first kappa shape index (κ1) is 14.0. The van der Waals surface area contributed by atoms with Gasteiger partial charge in [0.25, 0.3) is 5.91 Å². The number of nitrogens with one attached hydrogen (secondary N) is 2. The molecule has 1 unspecified atom stereocenters. The first-order valence-corrected chi connectivity index (χ1v) is 6.57. The molecule has 1 heterocycles. The van der Waals surface area contributed by atoms with Gasteiger partial charge in [0.2, 0.25) is 0 Å². The van der Waals surface area contributed by atoms with Gasteiger partial charge in [-0.25, -0.2) is 0 Å². The third kappa shape index (κ3) is 4.31. The molecule has 0 bridgehead atoms. The van der Waals surface area contributed by atoms with Crippen LogP contribution in [0.25, 0.3) is 0 Å². The van der Waals surface area contributed by atoms with E-state index in [1.54, 1.807) is 0 Å². The smallest absolute Gasteiger partial charge is 0.250 e. The van der Waals surface area contributed by atoms with Gasteiger partial charge in [0, 0.05) is 13.1 Å². The van der Waals surface area contributed by atoms with Crippen LogP contribution >= 0.6 is 0 Å². The molecule has 1 fully saturated rings. The van der Waals surface area contributed by atoms with Gasteiger partial charge in [0.15, 0.2) is 0 Å². The minimum atomic E-state index is -0.460. The summed E-state index contributed by atoms with van der Waals surface area (Å²) >= 11 is 0. The third-order valence-electron chi connectivity index (χ3n) is 3.11. The van der Waals surface area contributed by atoms with Gasteiger partial charge < -0.3 is 20.5 Å². The normalized spacial score (nSPS) is 20.8. The highest BCUT2D eigenvalue weighted by Crippen LogP contribution is 2.04. The summed E-state index contributed by atoms with van der Waals surface area (Å²) in [6.07, 6.45) is 0.155. The molecule has 1 aromatic carbocycles. The topological polar surface area (TPSA) is 70.6 Å². The Morgan fingerprint density at radius 1 is 1.47 bits per heavy atom. The van der Waals surface area contributed by atoms with Crippen molar-refractivity contribution in [3.05, 3.63) is 35.9 Å². The maximum Gasteiger partial charge on any atom is 0.250 e. The van der Waals surface area contributed by atoms with E-state index in [1.807, 2.05) is 30.3 Å². The fourth-order valence-corrected chi connectivity index (χ4v) is 2.09. The molecule has 3 N–H and O–H groups in total. The Balaban J connectivity index is 1.86. The van der Waals surface area contributed by atoms with Crippen LogP contribution in [-0.4, -0.2) is 49.5 Å². The van der Waals surface area contributed by atoms with E-state index in [-0.39, 0.29) is 18.6 Å². The number of amides is 1. The molecule has 19 heavy (non-hydrogen) atoms. The standard InChI is InChI=1S/C14H20N2O3/c17-10-12(8-11-4-2-1-3-5-11)16-14(18)13-9-15-6-7-19-13/h1-5,12-13,15,17H,6-10H2,(H,16,18)/t12-,13?/m0/s1. The van der Waals surface area contributed by atoms with E-state index in [0.717, 1.165) is 12.1 Å². The fourth-order valence-electron chi connectivity index (χ4n) is 2.09. The van der Waals surface area contributed by atoms with E-state index in [2.05, 4.69) is 10.6 Å². The summed E-state index contributed by atoms with van der Waals surface area (Å²) in [5.74, 6) is -0.165. The minimum absolute atomic E-state index is 0.0826. The third-order valence-corrected chi connectivity index (χ3v) is 3.11. The Hall–Kier alpha value is -1.43. The zero-order valence-electron chi connectivity index (χ0n) is 10.8. The maximum atomic E-state index is 12.0. The van der Waals surface area contributed by atoms with Crippen molar-refractivity contribution in [2.75, 3.05) is 26.3 Å². The summed E-state index contributed by atoms with van der Waals surface area (Å²) in [5.41, 5.74) is 1.09. The van der Waals surface area contributed by atoms with Crippen LogP contribution in [0.5, 0.6) is 0 Å². The number of hydrogen-bond acceptors (Lipinski definition) is 4. The highest BCUT2D eigenvalue weighted by atomic mass is 16.5. The predicted octanol–water partition coefficient (Wildman–Crippen LogP) is -0.305. The molecule has 1 aliphatic heterocycles. The summed E-state index contributed by atoms with van der Waals surface area (Å²) in [5, 5.41) is 15.3. The van der Waals surface area contributed by atoms with Crippen LogP contribution in [-0.2, 0) is 16.0 Å². The predicted molar refractivity (Wildman–Crippen MR) is 71.8 cm³/mol. The lowest BCUT2D eigenvalue weighted by atomic mass is 10.1. The van der Waals surface area contributed by atoms with Crippen LogP contribution in [0.1, 0.15) is 5.56 Å². The molecule has 1 aliphatic rings. The van der Waals surface area contributed by atoms with Crippen LogP contribution in [0.4, 0.5) is 0 Å². The molecule has 1 saturated heterocycles. The first-order chi connectivity index (χ1) is 9.29. The number of ether oxygens (including phenoxy) is 1. The SMILES string of the molecule is O=C(N[C@H](CO)Cc1ccccc1)C1CNCCO1. The highest BCUT2D eigenvalue weighted by Gasteiger charge is 2.23. The lowest BCUT2D eigenvalue weighted by molar-refractivity contribution is -0.135. The monoisotopic (exact) mass is 264 g/mol. The van der Waals surface area contributed by atoms with Crippen molar-refractivity contribution in [2.24, 2.45) is 0 Å². The van der Waals surface area contributed by atoms with Gasteiger partial charge in [-0.2, -0.15) is 0 Å². The number of morpholine rings is 1. The lowest BCUT2D eigenvalue weighted by Crippen LogP contribution is -2.51. The van der Waals surface area contributed by atoms with Crippen molar-refractivity contribution in [3.63, 3.8) is 0 Å². The molecule has 0 saturated carbocycles. The van der Waals surface area contributed by atoms with E-state index < -0.39 is 6.10 Å². The average molecular weight is 264 g/mol. The van der Waals surface area contributed by atoms with Crippen molar-refractivity contribution in [1.82, 2.24) is 10.6 Å². The zero-order valence-corrected chi connectivity index (χ0v) is 10.8. The van der Waals surface area contributed by atoms with Crippen LogP contribution in [0.15, 0.2) is 30.3 Å². The summed E-state index contributed by atoms with van der Waals surface area (Å²) < 4.78 is 5.38. The molecule has 0 radical (unpaired) electrons. The molecule has 5 nitrogen and oxygen atoms in total. The number of aliphatic hydroxyl groups excluding tert-OH is 1. The average Bonchev–Trinajstić information content (AvgIpc) is 2.48. The van der Waals surface area contributed by atoms with E-state index in [0.29, 0.717) is 19.6 Å². The fraction of sp³-hybridized carbons (Fsp3) is 0.500. The van der Waals surface area contributed by atoms with E-state index in [9.17, 15) is 9.90 Å². The van der Waals surface area contributed by atoms with Gasteiger partial charge in [0.1, 0.15) is 6.10 Å². The van der Waals surface area contributed by atoms with Crippen molar-refractivity contribution < 1.29 is 14.6 Å². The van der Waals surface area contributed by atoms with Crippen molar-refractivity contribution in [3.8, 4) is 0 Å². The Labute approximate surface area is 113 Å². The molecule has 1 aromatic rings. The second-order valence-electron chi connectivity index (χ2n) is 4.64. The number of aliphatic hydroxyl groups is 1. The molecular formula is C14H20N2O3. The first-order valence-electron chi connectivity index (χ1n) is 6.57. The number of benzene rings is 1. The Bertz CT molecular complexity index is 391. The van der Waals surface area contributed by atoms with Crippen molar-refractivity contribution in [2.45, 2.75) is 18.6 Å². The molecule has 5 heteroatoms. The molecule has 0 aromatic heterocycles. The molecular weight excluding hydrogens is 244 g/mol. The van der Waals surface area contributed by atoms with Gasteiger partial charge in [0.05, 0.1) is 19.3 Å². The largest absolute Gasteiger partial charge is 0.394 e. The number of carbonyl (C=O) groups excluding carboxylic acids is 1. The van der Waals surface area contributed by atoms with E-state index in [4.69, 9.17) is 4.74 Å². The number of hydrogen-bond donors (Lipinski definition) is 3. The molecule has 1 amide bonds. The minimum Gasteiger partial charge on any atom is -0.394 e. The van der Waals surface area contributed by atoms with E-state index in [1.165, 1.54) is 0 Å². The second-order valence-corrected chi connectivity index (χ2v) is 4.64. The zero-order chi connectivity index (χ0) is 13.5. The summed E-state index contributed by atoms with van der Waals surface area (Å²) in [4.78, 5) is 12.0. The van der Waals surface area contributed by atoms with Gasteiger partial charge in [-0.3, -0.25) is 4.79 Å². The highest BCUT2D eigenvalue weighted by molar-refractivity contribution is 5.81. The van der Waals surface area contributed by atoms with Crippen molar-refractivity contribution in [1.29, 1.82) is 0 Å². The van der Waals surface area contributed by atoms with Gasteiger partial charge >= 0.3 is 0 Å². The maximum absolute atomic E-state index is 12.0. The second kappa shape index (κ2) is 7.23.